The number of hydrogen-bond acceptors (Lipinski definition) is 4. The van der Waals surface area contributed by atoms with Crippen LogP contribution in [0.4, 0.5) is 5.82 Å². The van der Waals surface area contributed by atoms with Crippen molar-refractivity contribution in [3.05, 3.63) is 52.9 Å². The summed E-state index contributed by atoms with van der Waals surface area (Å²) in [4.78, 5) is 24.6. The summed E-state index contributed by atoms with van der Waals surface area (Å²) in [7, 11) is 3.74. The molecular weight excluding hydrogens is 312 g/mol. The summed E-state index contributed by atoms with van der Waals surface area (Å²) >= 11 is 6.04. The largest absolute Gasteiger partial charge is 0.363 e. The molecule has 0 N–H and O–H groups in total. The summed E-state index contributed by atoms with van der Waals surface area (Å²) in [5, 5.41) is 0.324. The van der Waals surface area contributed by atoms with Gasteiger partial charge in [-0.25, -0.2) is 4.98 Å². The summed E-state index contributed by atoms with van der Waals surface area (Å²) in [5.74, 6) is 0.639. The number of rotatable bonds is 6. The van der Waals surface area contributed by atoms with E-state index in [9.17, 15) is 4.79 Å². The first-order chi connectivity index (χ1) is 11.0. The summed E-state index contributed by atoms with van der Waals surface area (Å²) < 4.78 is 0. The van der Waals surface area contributed by atoms with Crippen LogP contribution < -0.4 is 4.90 Å². The molecule has 2 aromatic heterocycles. The standard InChI is InChI=1S/C17H21ClN4O/c1-4-22(10-7-13-5-8-19-9-6-13)17(23)14-11-15(18)20-16(12-14)21(2)3/h5-6,8-9,11-12H,4,7,10H2,1-3H3. The molecule has 0 fully saturated rings. The molecule has 2 heterocycles. The smallest absolute Gasteiger partial charge is 0.254 e. The molecule has 0 saturated carbocycles. The lowest BCUT2D eigenvalue weighted by atomic mass is 10.1. The maximum absolute atomic E-state index is 12.7. The highest BCUT2D eigenvalue weighted by Crippen LogP contribution is 2.18. The number of pyridine rings is 2. The number of hydrogen-bond donors (Lipinski definition) is 0. The first-order valence-corrected chi connectivity index (χ1v) is 7.92. The minimum atomic E-state index is -0.0334. The Hall–Kier alpha value is -2.14. The Morgan fingerprint density at radius 3 is 2.52 bits per heavy atom. The average Bonchev–Trinajstić information content (AvgIpc) is 2.55. The van der Waals surface area contributed by atoms with Crippen LogP contribution in [-0.4, -0.2) is 48.0 Å². The minimum Gasteiger partial charge on any atom is -0.363 e. The van der Waals surface area contributed by atoms with Crippen molar-refractivity contribution < 1.29 is 4.79 Å². The van der Waals surface area contributed by atoms with Gasteiger partial charge in [-0.2, -0.15) is 0 Å². The van der Waals surface area contributed by atoms with Gasteiger partial charge in [-0.3, -0.25) is 9.78 Å². The predicted octanol–water partition coefficient (Wildman–Crippen LogP) is 2.90. The van der Waals surface area contributed by atoms with Crippen LogP contribution >= 0.6 is 11.6 Å². The average molecular weight is 333 g/mol. The number of carbonyl (C=O) groups excluding carboxylic acids is 1. The molecule has 0 bridgehead atoms. The van der Waals surface area contributed by atoms with Crippen molar-refractivity contribution in [3.63, 3.8) is 0 Å². The molecule has 0 radical (unpaired) electrons. The maximum Gasteiger partial charge on any atom is 0.254 e. The second kappa shape index (κ2) is 7.92. The molecule has 2 rings (SSSR count). The summed E-state index contributed by atoms with van der Waals surface area (Å²) in [6.45, 7) is 3.26. The van der Waals surface area contributed by atoms with E-state index in [1.807, 2.05) is 43.0 Å². The Kier molecular flexibility index (Phi) is 5.93. The number of amides is 1. The van der Waals surface area contributed by atoms with Crippen molar-refractivity contribution in [2.45, 2.75) is 13.3 Å². The van der Waals surface area contributed by atoms with Crippen molar-refractivity contribution in [2.75, 3.05) is 32.1 Å². The molecule has 0 aliphatic rings. The Morgan fingerprint density at radius 1 is 1.22 bits per heavy atom. The van der Waals surface area contributed by atoms with Crippen molar-refractivity contribution in [3.8, 4) is 0 Å². The van der Waals surface area contributed by atoms with Crippen LogP contribution in [0.5, 0.6) is 0 Å². The van der Waals surface area contributed by atoms with E-state index in [-0.39, 0.29) is 5.91 Å². The normalized spacial score (nSPS) is 10.4. The highest BCUT2D eigenvalue weighted by atomic mass is 35.5. The highest BCUT2D eigenvalue weighted by molar-refractivity contribution is 6.29. The van der Waals surface area contributed by atoms with Crippen LogP contribution in [0.15, 0.2) is 36.7 Å². The fourth-order valence-electron chi connectivity index (χ4n) is 2.23. The van der Waals surface area contributed by atoms with Gasteiger partial charge in [-0.15, -0.1) is 0 Å². The molecule has 122 valence electrons. The fraction of sp³-hybridized carbons (Fsp3) is 0.353. The molecule has 0 saturated heterocycles. The SMILES string of the molecule is CCN(CCc1ccncc1)C(=O)c1cc(Cl)nc(N(C)C)c1. The van der Waals surface area contributed by atoms with E-state index in [2.05, 4.69) is 9.97 Å². The van der Waals surface area contributed by atoms with Gasteiger partial charge in [0.05, 0.1) is 0 Å². The van der Waals surface area contributed by atoms with E-state index in [0.717, 1.165) is 12.0 Å². The Labute approximate surface area is 141 Å². The van der Waals surface area contributed by atoms with E-state index >= 15 is 0 Å². The van der Waals surface area contributed by atoms with Gasteiger partial charge < -0.3 is 9.80 Å². The quantitative estimate of drug-likeness (QED) is 0.763. The van der Waals surface area contributed by atoms with Crippen LogP contribution in [0.25, 0.3) is 0 Å². The maximum atomic E-state index is 12.7. The van der Waals surface area contributed by atoms with Gasteiger partial charge in [0, 0.05) is 45.1 Å². The zero-order chi connectivity index (χ0) is 16.8. The lowest BCUT2D eigenvalue weighted by Gasteiger charge is -2.22. The third-order valence-electron chi connectivity index (χ3n) is 3.57. The highest BCUT2D eigenvalue weighted by Gasteiger charge is 2.16. The first-order valence-electron chi connectivity index (χ1n) is 7.54. The zero-order valence-electron chi connectivity index (χ0n) is 13.7. The molecule has 2 aromatic rings. The van der Waals surface area contributed by atoms with E-state index < -0.39 is 0 Å². The van der Waals surface area contributed by atoms with Crippen LogP contribution in [0, 0.1) is 0 Å². The molecule has 0 aliphatic heterocycles. The van der Waals surface area contributed by atoms with Gasteiger partial charge in [-0.05, 0) is 43.2 Å². The number of aromatic nitrogens is 2. The molecular formula is C17H21ClN4O. The van der Waals surface area contributed by atoms with Crippen LogP contribution in [0.2, 0.25) is 5.15 Å². The molecule has 6 heteroatoms. The lowest BCUT2D eigenvalue weighted by molar-refractivity contribution is 0.0766. The Morgan fingerprint density at radius 2 is 1.91 bits per heavy atom. The van der Waals surface area contributed by atoms with Crippen molar-refractivity contribution in [1.29, 1.82) is 0 Å². The molecule has 0 aromatic carbocycles. The van der Waals surface area contributed by atoms with E-state index in [0.29, 0.717) is 29.6 Å². The van der Waals surface area contributed by atoms with Crippen LogP contribution in [0.1, 0.15) is 22.8 Å². The molecule has 0 aliphatic carbocycles. The van der Waals surface area contributed by atoms with Crippen LogP contribution in [-0.2, 0) is 6.42 Å². The molecule has 0 spiro atoms. The number of anilines is 1. The van der Waals surface area contributed by atoms with Gasteiger partial charge >= 0.3 is 0 Å². The van der Waals surface area contributed by atoms with Crippen molar-refractivity contribution in [1.82, 2.24) is 14.9 Å². The molecule has 0 atom stereocenters. The molecule has 23 heavy (non-hydrogen) atoms. The number of nitrogens with zero attached hydrogens (tertiary/aromatic N) is 4. The van der Waals surface area contributed by atoms with E-state index in [4.69, 9.17) is 11.6 Å². The predicted molar refractivity (Wildman–Crippen MR) is 93.1 cm³/mol. The monoisotopic (exact) mass is 332 g/mol. The third-order valence-corrected chi connectivity index (χ3v) is 3.77. The second-order valence-corrected chi connectivity index (χ2v) is 5.81. The van der Waals surface area contributed by atoms with Gasteiger partial charge in [-0.1, -0.05) is 11.6 Å². The van der Waals surface area contributed by atoms with Crippen LogP contribution in [0.3, 0.4) is 0 Å². The van der Waals surface area contributed by atoms with E-state index in [1.54, 1.807) is 24.5 Å². The topological polar surface area (TPSA) is 49.3 Å². The lowest BCUT2D eigenvalue weighted by Crippen LogP contribution is -2.33. The Bertz CT molecular complexity index is 661. The Balaban J connectivity index is 2.13. The minimum absolute atomic E-state index is 0.0334. The van der Waals surface area contributed by atoms with Crippen molar-refractivity contribution in [2.24, 2.45) is 0 Å². The van der Waals surface area contributed by atoms with E-state index in [1.165, 1.54) is 0 Å². The molecule has 5 nitrogen and oxygen atoms in total. The second-order valence-electron chi connectivity index (χ2n) is 5.42. The van der Waals surface area contributed by atoms with Gasteiger partial charge in [0.15, 0.2) is 0 Å². The number of likely N-dealkylation sites (N-methyl/N-ethyl adjacent to an activating group) is 1. The van der Waals surface area contributed by atoms with Gasteiger partial charge in [0.2, 0.25) is 0 Å². The molecule has 1 amide bonds. The van der Waals surface area contributed by atoms with Gasteiger partial charge in [0.25, 0.3) is 5.91 Å². The summed E-state index contributed by atoms with van der Waals surface area (Å²) in [6, 6.07) is 7.31. The number of carbonyl (C=O) groups is 1. The third kappa shape index (κ3) is 4.66. The molecule has 0 unspecified atom stereocenters. The first kappa shape index (κ1) is 17.2. The van der Waals surface area contributed by atoms with Crippen molar-refractivity contribution >= 4 is 23.3 Å². The summed E-state index contributed by atoms with van der Waals surface area (Å²) in [6.07, 6.45) is 4.32. The fourth-order valence-corrected chi connectivity index (χ4v) is 2.44. The number of halogens is 1. The van der Waals surface area contributed by atoms with Gasteiger partial charge in [0.1, 0.15) is 11.0 Å². The summed E-state index contributed by atoms with van der Waals surface area (Å²) in [5.41, 5.74) is 1.72. The zero-order valence-corrected chi connectivity index (χ0v) is 14.4.